The smallest absolute Gasteiger partial charge is 0.311 e. The maximum Gasteiger partial charge on any atom is 0.311 e. The highest BCUT2D eigenvalue weighted by molar-refractivity contribution is 6.10. The minimum Gasteiger partial charge on any atom is -0.508 e. The van der Waals surface area contributed by atoms with Crippen LogP contribution in [0.15, 0.2) is 36.4 Å². The van der Waals surface area contributed by atoms with E-state index in [2.05, 4.69) is 0 Å². The minimum absolute atomic E-state index is 0.104. The predicted octanol–water partition coefficient (Wildman–Crippen LogP) is 2.78. The average molecular weight is 282 g/mol. The number of rotatable bonds is 2. The van der Waals surface area contributed by atoms with E-state index in [1.165, 1.54) is 6.07 Å². The highest BCUT2D eigenvalue weighted by Crippen LogP contribution is 2.28. The zero-order chi connectivity index (χ0) is 15.0. The van der Waals surface area contributed by atoms with E-state index in [1.807, 2.05) is 0 Å². The number of phenolic OH excluding ortho intramolecular Hbond substituents is 1. The van der Waals surface area contributed by atoms with Crippen LogP contribution in [0.5, 0.6) is 11.5 Å². The highest BCUT2D eigenvalue weighted by Gasteiger charge is 2.19. The minimum atomic E-state index is -0.240. The summed E-state index contributed by atoms with van der Waals surface area (Å²) in [5, 5.41) is 9.41. The molecule has 106 valence electrons. The number of ketones is 1. The number of fused-ring (bicyclic) bond motifs is 1. The predicted molar refractivity (Wildman–Crippen MR) is 76.7 cm³/mol. The first-order chi connectivity index (χ1) is 10.0. The number of aromatic hydroxyl groups is 1. The number of hydrogen-bond acceptors (Lipinski definition) is 4. The van der Waals surface area contributed by atoms with Crippen molar-refractivity contribution in [1.82, 2.24) is 0 Å². The van der Waals surface area contributed by atoms with Crippen LogP contribution in [0.2, 0.25) is 0 Å². The number of phenols is 1. The molecule has 4 heteroatoms. The van der Waals surface area contributed by atoms with Crippen molar-refractivity contribution in [2.45, 2.75) is 19.8 Å². The number of carbonyl (C=O) groups excluding carboxylic acids is 2. The van der Waals surface area contributed by atoms with Gasteiger partial charge in [-0.05, 0) is 60.9 Å². The fraction of sp³-hybridized carbons (Fsp3) is 0.176. The van der Waals surface area contributed by atoms with Crippen molar-refractivity contribution >= 4 is 11.8 Å². The molecule has 0 aromatic heterocycles. The Morgan fingerprint density at radius 2 is 1.95 bits per heavy atom. The molecule has 2 aromatic carbocycles. The summed E-state index contributed by atoms with van der Waals surface area (Å²) < 4.78 is 5.13. The van der Waals surface area contributed by atoms with Crippen LogP contribution in [0, 0.1) is 6.92 Å². The fourth-order valence-corrected chi connectivity index (χ4v) is 2.48. The molecule has 0 saturated carbocycles. The van der Waals surface area contributed by atoms with Crippen LogP contribution in [0.4, 0.5) is 0 Å². The second-order valence-corrected chi connectivity index (χ2v) is 5.12. The SMILES string of the molecule is Cc1cc(O)ccc1C(=O)c1ccc2c(c1)CCC(=O)O2. The molecule has 0 saturated heterocycles. The summed E-state index contributed by atoms with van der Waals surface area (Å²) in [7, 11) is 0. The van der Waals surface area contributed by atoms with Gasteiger partial charge in [0.25, 0.3) is 0 Å². The van der Waals surface area contributed by atoms with Crippen LogP contribution in [0.1, 0.15) is 33.5 Å². The van der Waals surface area contributed by atoms with Crippen molar-refractivity contribution < 1.29 is 19.4 Å². The lowest BCUT2D eigenvalue weighted by atomic mass is 9.95. The number of ether oxygens (including phenoxy) is 1. The molecule has 3 rings (SSSR count). The van der Waals surface area contributed by atoms with E-state index in [4.69, 9.17) is 4.74 Å². The maximum atomic E-state index is 12.5. The number of benzene rings is 2. The van der Waals surface area contributed by atoms with Crippen LogP contribution in [0.3, 0.4) is 0 Å². The first-order valence-corrected chi connectivity index (χ1v) is 6.72. The maximum absolute atomic E-state index is 12.5. The van der Waals surface area contributed by atoms with Gasteiger partial charge in [0.05, 0.1) is 6.42 Å². The second kappa shape index (κ2) is 5.05. The Kier molecular flexibility index (Phi) is 3.22. The lowest BCUT2D eigenvalue weighted by Gasteiger charge is -2.16. The molecule has 0 spiro atoms. The Morgan fingerprint density at radius 1 is 1.14 bits per heavy atom. The van der Waals surface area contributed by atoms with E-state index >= 15 is 0 Å². The van der Waals surface area contributed by atoms with Gasteiger partial charge in [-0.15, -0.1) is 0 Å². The first kappa shape index (κ1) is 13.4. The molecule has 1 aliphatic heterocycles. The Morgan fingerprint density at radius 3 is 2.71 bits per heavy atom. The van der Waals surface area contributed by atoms with Crippen LogP contribution < -0.4 is 4.74 Å². The van der Waals surface area contributed by atoms with Gasteiger partial charge < -0.3 is 9.84 Å². The molecule has 1 N–H and O–H groups in total. The monoisotopic (exact) mass is 282 g/mol. The molecular weight excluding hydrogens is 268 g/mol. The Labute approximate surface area is 122 Å². The van der Waals surface area contributed by atoms with Crippen LogP contribution in [-0.2, 0) is 11.2 Å². The molecule has 4 nitrogen and oxygen atoms in total. The van der Waals surface area contributed by atoms with Crippen molar-refractivity contribution in [3.8, 4) is 11.5 Å². The normalized spacial score (nSPS) is 13.5. The molecule has 1 aliphatic rings. The standard InChI is InChI=1S/C17H14O4/c1-10-8-13(18)4-5-14(10)17(20)12-2-6-15-11(9-12)3-7-16(19)21-15/h2,4-6,8-9,18H,3,7H2,1H3. The highest BCUT2D eigenvalue weighted by atomic mass is 16.5. The molecule has 0 amide bonds. The Balaban J connectivity index is 1.97. The van der Waals surface area contributed by atoms with Crippen LogP contribution in [0.25, 0.3) is 0 Å². The van der Waals surface area contributed by atoms with Crippen LogP contribution >= 0.6 is 0 Å². The quantitative estimate of drug-likeness (QED) is 0.522. The zero-order valence-corrected chi connectivity index (χ0v) is 11.6. The number of aryl methyl sites for hydroxylation is 2. The molecule has 0 unspecified atom stereocenters. The third kappa shape index (κ3) is 2.52. The van der Waals surface area contributed by atoms with Crippen molar-refractivity contribution in [1.29, 1.82) is 0 Å². The molecular formula is C17H14O4. The molecule has 21 heavy (non-hydrogen) atoms. The zero-order valence-electron chi connectivity index (χ0n) is 11.6. The summed E-state index contributed by atoms with van der Waals surface area (Å²) in [6.07, 6.45) is 0.923. The third-order valence-electron chi connectivity index (χ3n) is 3.60. The molecule has 0 atom stereocenters. The molecule has 2 aromatic rings. The summed E-state index contributed by atoms with van der Waals surface area (Å²) in [5.41, 5.74) is 2.71. The van der Waals surface area contributed by atoms with Gasteiger partial charge in [0, 0.05) is 11.1 Å². The third-order valence-corrected chi connectivity index (χ3v) is 3.60. The van der Waals surface area contributed by atoms with Gasteiger partial charge in [-0.3, -0.25) is 9.59 Å². The van der Waals surface area contributed by atoms with Crippen LogP contribution in [-0.4, -0.2) is 16.9 Å². The lowest BCUT2D eigenvalue weighted by Crippen LogP contribution is -2.16. The van der Waals surface area contributed by atoms with Crippen molar-refractivity contribution in [2.75, 3.05) is 0 Å². The summed E-state index contributed by atoms with van der Waals surface area (Å²) >= 11 is 0. The van der Waals surface area contributed by atoms with Gasteiger partial charge in [-0.2, -0.15) is 0 Å². The summed E-state index contributed by atoms with van der Waals surface area (Å²) in [4.78, 5) is 23.8. The van der Waals surface area contributed by atoms with Crippen molar-refractivity contribution in [3.05, 3.63) is 58.7 Å². The lowest BCUT2D eigenvalue weighted by molar-refractivity contribution is -0.135. The summed E-state index contributed by atoms with van der Waals surface area (Å²) in [5.74, 6) is 0.329. The summed E-state index contributed by atoms with van der Waals surface area (Å²) in [6.45, 7) is 1.78. The molecule has 1 heterocycles. The fourth-order valence-electron chi connectivity index (χ4n) is 2.48. The molecule has 0 bridgehead atoms. The van der Waals surface area contributed by atoms with Gasteiger partial charge in [-0.25, -0.2) is 0 Å². The number of esters is 1. The molecule has 0 fully saturated rings. The van der Waals surface area contributed by atoms with Gasteiger partial charge in [0.2, 0.25) is 0 Å². The van der Waals surface area contributed by atoms with Gasteiger partial charge in [0.15, 0.2) is 5.78 Å². The van der Waals surface area contributed by atoms with Crippen molar-refractivity contribution in [2.24, 2.45) is 0 Å². The topological polar surface area (TPSA) is 63.6 Å². The van der Waals surface area contributed by atoms with Gasteiger partial charge >= 0.3 is 5.97 Å². The summed E-state index contributed by atoms with van der Waals surface area (Å²) in [6, 6.07) is 9.78. The largest absolute Gasteiger partial charge is 0.508 e. The van der Waals surface area contributed by atoms with E-state index in [-0.39, 0.29) is 17.5 Å². The molecule has 0 aliphatic carbocycles. The number of hydrogen-bond donors (Lipinski definition) is 1. The van der Waals surface area contributed by atoms with E-state index in [1.54, 1.807) is 37.3 Å². The Hall–Kier alpha value is -2.62. The van der Waals surface area contributed by atoms with E-state index in [0.29, 0.717) is 29.7 Å². The average Bonchev–Trinajstić information content (AvgIpc) is 2.46. The van der Waals surface area contributed by atoms with E-state index in [9.17, 15) is 14.7 Å². The first-order valence-electron chi connectivity index (χ1n) is 6.72. The van der Waals surface area contributed by atoms with E-state index < -0.39 is 0 Å². The van der Waals surface area contributed by atoms with Gasteiger partial charge in [-0.1, -0.05) is 0 Å². The van der Waals surface area contributed by atoms with E-state index in [0.717, 1.165) is 11.1 Å². The Bertz CT molecular complexity index is 746. The van der Waals surface area contributed by atoms with Crippen molar-refractivity contribution in [3.63, 3.8) is 0 Å². The second-order valence-electron chi connectivity index (χ2n) is 5.12. The molecule has 0 radical (unpaired) electrons. The number of carbonyl (C=O) groups is 2. The van der Waals surface area contributed by atoms with Gasteiger partial charge in [0.1, 0.15) is 11.5 Å².